The molecule has 0 saturated heterocycles. The number of carbonyl (C=O) groups is 2. The maximum Gasteiger partial charge on any atom is 0.344 e. The van der Waals surface area contributed by atoms with Gasteiger partial charge in [0.2, 0.25) is 5.91 Å². The van der Waals surface area contributed by atoms with Crippen LogP contribution in [0.15, 0.2) is 0 Å². The molecule has 0 saturated carbocycles. The summed E-state index contributed by atoms with van der Waals surface area (Å²) in [6.07, 6.45) is 0. The first kappa shape index (κ1) is 15.2. The highest BCUT2D eigenvalue weighted by Crippen LogP contribution is 2.31. The number of amides is 1. The molecule has 0 aromatic carbocycles. The highest BCUT2D eigenvalue weighted by atomic mass is 32.1. The Labute approximate surface area is 116 Å². The first-order valence-corrected chi connectivity index (χ1v) is 6.48. The monoisotopic (exact) mass is 286 g/mol. The lowest BCUT2D eigenvalue weighted by Crippen LogP contribution is -2.36. The van der Waals surface area contributed by atoms with Gasteiger partial charge in [-0.25, -0.2) is 4.79 Å². The standard InChI is InChI=1S/C11H18N4O3S/c1-5-15(6-7(16)14(2)3)10-8(11(17)18-4)9(12)13-19-10/h5-6H2,1-4H3,(H2,12,13). The van der Waals surface area contributed by atoms with E-state index < -0.39 is 5.97 Å². The number of methoxy groups -OCH3 is 1. The molecule has 2 N–H and O–H groups in total. The molecule has 0 aliphatic rings. The molecule has 0 radical (unpaired) electrons. The molecule has 0 unspecified atom stereocenters. The molecule has 8 heteroatoms. The van der Waals surface area contributed by atoms with E-state index >= 15 is 0 Å². The van der Waals surface area contributed by atoms with Gasteiger partial charge in [-0.1, -0.05) is 0 Å². The lowest BCUT2D eigenvalue weighted by Gasteiger charge is -2.23. The minimum Gasteiger partial charge on any atom is -0.465 e. The van der Waals surface area contributed by atoms with E-state index in [9.17, 15) is 9.59 Å². The van der Waals surface area contributed by atoms with E-state index in [-0.39, 0.29) is 23.8 Å². The summed E-state index contributed by atoms with van der Waals surface area (Å²) < 4.78 is 8.65. The largest absolute Gasteiger partial charge is 0.465 e. The zero-order valence-electron chi connectivity index (χ0n) is 11.5. The average molecular weight is 286 g/mol. The predicted molar refractivity (Wildman–Crippen MR) is 74.4 cm³/mol. The van der Waals surface area contributed by atoms with Crippen molar-refractivity contribution < 1.29 is 14.3 Å². The molecule has 7 nitrogen and oxygen atoms in total. The van der Waals surface area contributed by atoms with Crippen LogP contribution in [0.1, 0.15) is 17.3 Å². The molecule has 0 atom stereocenters. The third-order valence-corrected chi connectivity index (χ3v) is 3.51. The second kappa shape index (κ2) is 6.37. The van der Waals surface area contributed by atoms with Gasteiger partial charge in [-0.05, 0) is 18.5 Å². The fourth-order valence-electron chi connectivity index (χ4n) is 1.43. The van der Waals surface area contributed by atoms with Crippen molar-refractivity contribution in [3.8, 4) is 0 Å². The number of likely N-dealkylation sites (N-methyl/N-ethyl adjacent to an activating group) is 2. The number of hydrogen-bond donors (Lipinski definition) is 1. The molecule has 0 spiro atoms. The van der Waals surface area contributed by atoms with Crippen molar-refractivity contribution in [1.82, 2.24) is 9.27 Å². The Bertz CT molecular complexity index is 473. The molecule has 1 heterocycles. The maximum atomic E-state index is 11.8. The Morgan fingerprint density at radius 1 is 1.42 bits per heavy atom. The number of nitrogen functional groups attached to an aromatic ring is 1. The van der Waals surface area contributed by atoms with Crippen LogP contribution in [-0.4, -0.2) is 55.4 Å². The number of carbonyl (C=O) groups excluding carboxylic acids is 2. The number of esters is 1. The van der Waals surface area contributed by atoms with Crippen LogP contribution in [0.3, 0.4) is 0 Å². The van der Waals surface area contributed by atoms with Gasteiger partial charge in [-0.3, -0.25) is 4.79 Å². The minimum atomic E-state index is -0.544. The summed E-state index contributed by atoms with van der Waals surface area (Å²) in [5, 5.41) is 0.557. The normalized spacial score (nSPS) is 10.1. The van der Waals surface area contributed by atoms with E-state index in [0.717, 1.165) is 11.5 Å². The average Bonchev–Trinajstić information content (AvgIpc) is 2.76. The van der Waals surface area contributed by atoms with Crippen LogP contribution in [0.4, 0.5) is 10.8 Å². The van der Waals surface area contributed by atoms with Crippen molar-refractivity contribution in [3.05, 3.63) is 5.56 Å². The second-order valence-electron chi connectivity index (χ2n) is 4.04. The van der Waals surface area contributed by atoms with Crippen molar-refractivity contribution in [2.24, 2.45) is 0 Å². The Morgan fingerprint density at radius 2 is 2.05 bits per heavy atom. The van der Waals surface area contributed by atoms with Crippen molar-refractivity contribution in [3.63, 3.8) is 0 Å². The summed E-state index contributed by atoms with van der Waals surface area (Å²) in [5.74, 6) is -0.482. The van der Waals surface area contributed by atoms with Crippen LogP contribution >= 0.6 is 11.5 Å². The fourth-order valence-corrected chi connectivity index (χ4v) is 2.30. The molecule has 0 bridgehead atoms. The third kappa shape index (κ3) is 3.34. The van der Waals surface area contributed by atoms with Crippen LogP contribution in [0, 0.1) is 0 Å². The van der Waals surface area contributed by atoms with Crippen molar-refractivity contribution in [1.29, 1.82) is 0 Å². The SMILES string of the molecule is CCN(CC(=O)N(C)C)c1snc(N)c1C(=O)OC. The predicted octanol–water partition coefficient (Wildman–Crippen LogP) is 0.426. The van der Waals surface area contributed by atoms with E-state index in [0.29, 0.717) is 11.5 Å². The zero-order valence-corrected chi connectivity index (χ0v) is 12.3. The summed E-state index contributed by atoms with van der Waals surface area (Å²) in [4.78, 5) is 26.7. The van der Waals surface area contributed by atoms with E-state index in [1.807, 2.05) is 6.92 Å². The molecular formula is C11H18N4O3S. The summed E-state index contributed by atoms with van der Waals surface area (Å²) in [5.41, 5.74) is 5.90. The lowest BCUT2D eigenvalue weighted by atomic mass is 10.3. The minimum absolute atomic E-state index is 0.0652. The molecule has 1 aromatic heterocycles. The molecule has 1 aromatic rings. The molecule has 0 aliphatic carbocycles. The smallest absolute Gasteiger partial charge is 0.344 e. The van der Waals surface area contributed by atoms with Gasteiger partial charge in [-0.2, -0.15) is 4.37 Å². The molecule has 0 aliphatic heterocycles. The lowest BCUT2D eigenvalue weighted by molar-refractivity contribution is -0.127. The molecule has 19 heavy (non-hydrogen) atoms. The van der Waals surface area contributed by atoms with E-state index in [4.69, 9.17) is 5.73 Å². The van der Waals surface area contributed by atoms with Crippen LogP contribution in [0.2, 0.25) is 0 Å². The Kier molecular flexibility index (Phi) is 5.11. The Balaban J connectivity index is 3.05. The second-order valence-corrected chi connectivity index (χ2v) is 4.79. The number of aromatic nitrogens is 1. The number of nitrogens with two attached hydrogens (primary N) is 1. The van der Waals surface area contributed by atoms with E-state index in [1.165, 1.54) is 12.0 Å². The highest BCUT2D eigenvalue weighted by molar-refractivity contribution is 7.11. The molecule has 0 fully saturated rings. The van der Waals surface area contributed by atoms with Gasteiger partial charge in [0.1, 0.15) is 10.6 Å². The van der Waals surface area contributed by atoms with Gasteiger partial charge >= 0.3 is 5.97 Å². The number of hydrogen-bond acceptors (Lipinski definition) is 7. The van der Waals surface area contributed by atoms with Gasteiger partial charge in [0, 0.05) is 20.6 Å². The number of anilines is 2. The van der Waals surface area contributed by atoms with E-state index in [2.05, 4.69) is 9.11 Å². The first-order valence-electron chi connectivity index (χ1n) is 5.70. The molecular weight excluding hydrogens is 268 g/mol. The van der Waals surface area contributed by atoms with Crippen LogP contribution < -0.4 is 10.6 Å². The fraction of sp³-hybridized carbons (Fsp3) is 0.545. The zero-order chi connectivity index (χ0) is 14.6. The topological polar surface area (TPSA) is 88.8 Å². The first-order chi connectivity index (χ1) is 8.92. The summed E-state index contributed by atoms with van der Waals surface area (Å²) >= 11 is 1.09. The highest BCUT2D eigenvalue weighted by Gasteiger charge is 2.25. The Hall–Kier alpha value is -1.83. The van der Waals surface area contributed by atoms with Gasteiger partial charge in [0.15, 0.2) is 5.82 Å². The van der Waals surface area contributed by atoms with Gasteiger partial charge in [0.25, 0.3) is 0 Å². The van der Waals surface area contributed by atoms with Crippen LogP contribution in [0.25, 0.3) is 0 Å². The third-order valence-electron chi connectivity index (χ3n) is 2.58. The quantitative estimate of drug-likeness (QED) is 0.789. The van der Waals surface area contributed by atoms with Crippen LogP contribution in [-0.2, 0) is 9.53 Å². The van der Waals surface area contributed by atoms with Crippen LogP contribution in [0.5, 0.6) is 0 Å². The maximum absolute atomic E-state index is 11.8. The molecule has 106 valence electrons. The number of ether oxygens (including phenoxy) is 1. The summed E-state index contributed by atoms with van der Waals surface area (Å²) in [7, 11) is 4.64. The van der Waals surface area contributed by atoms with Crippen molar-refractivity contribution in [2.75, 3.05) is 44.9 Å². The molecule has 1 amide bonds. The molecule has 1 rings (SSSR count). The summed E-state index contributed by atoms with van der Waals surface area (Å²) in [6.45, 7) is 2.61. The Morgan fingerprint density at radius 3 is 2.53 bits per heavy atom. The van der Waals surface area contributed by atoms with Crippen molar-refractivity contribution in [2.45, 2.75) is 6.92 Å². The summed E-state index contributed by atoms with van der Waals surface area (Å²) in [6, 6.07) is 0. The van der Waals surface area contributed by atoms with Gasteiger partial charge in [-0.15, -0.1) is 0 Å². The van der Waals surface area contributed by atoms with Gasteiger partial charge < -0.3 is 20.3 Å². The van der Waals surface area contributed by atoms with E-state index in [1.54, 1.807) is 19.0 Å². The number of nitrogens with zero attached hydrogens (tertiary/aromatic N) is 3. The van der Waals surface area contributed by atoms with Gasteiger partial charge in [0.05, 0.1) is 13.7 Å². The number of rotatable bonds is 5. The van der Waals surface area contributed by atoms with Crippen molar-refractivity contribution >= 4 is 34.2 Å².